The van der Waals surface area contributed by atoms with Crippen LogP contribution in [0.15, 0.2) is 0 Å². The topological polar surface area (TPSA) is 26.0 Å². The fourth-order valence-corrected chi connectivity index (χ4v) is 1.52. The van der Waals surface area contributed by atoms with Gasteiger partial charge in [0.2, 0.25) is 0 Å². The molecule has 0 aliphatic heterocycles. The van der Waals surface area contributed by atoms with Gasteiger partial charge in [0.25, 0.3) is 0 Å². The average Bonchev–Trinajstić information content (AvgIpc) is 1.86. The fraction of sp³-hybridized carbons (Fsp3) is 1.00. The fourth-order valence-electron chi connectivity index (χ4n) is 1.52. The van der Waals surface area contributed by atoms with E-state index in [9.17, 15) is 13.2 Å². The average molecular weight is 167 g/mol. The third-order valence-corrected chi connectivity index (χ3v) is 2.18. The highest BCUT2D eigenvalue weighted by Gasteiger charge is 2.41. The molecule has 2 atom stereocenters. The Hall–Kier alpha value is -0.250. The van der Waals surface area contributed by atoms with Crippen molar-refractivity contribution in [3.05, 3.63) is 0 Å². The Labute approximate surface area is 63.8 Å². The SMILES string of the molecule is NC1CCC[C@@H](C(F)(F)F)C1. The van der Waals surface area contributed by atoms with Gasteiger partial charge < -0.3 is 5.73 Å². The number of rotatable bonds is 0. The first-order valence-corrected chi connectivity index (χ1v) is 3.82. The maximum atomic E-state index is 12.1. The van der Waals surface area contributed by atoms with E-state index in [0.717, 1.165) is 6.42 Å². The normalized spacial score (nSPS) is 33.8. The molecule has 1 aliphatic carbocycles. The minimum atomic E-state index is -4.03. The van der Waals surface area contributed by atoms with Crippen LogP contribution in [-0.4, -0.2) is 12.2 Å². The molecule has 1 fully saturated rings. The molecule has 0 aromatic heterocycles. The Kier molecular flexibility index (Phi) is 2.42. The molecule has 0 amide bonds. The molecule has 0 aromatic carbocycles. The second-order valence-corrected chi connectivity index (χ2v) is 3.17. The molecule has 66 valence electrons. The molecule has 1 aliphatic rings. The predicted molar refractivity (Wildman–Crippen MR) is 36.0 cm³/mol. The van der Waals surface area contributed by atoms with Crippen LogP contribution in [0.4, 0.5) is 13.2 Å². The van der Waals surface area contributed by atoms with Gasteiger partial charge in [-0.25, -0.2) is 0 Å². The molecular weight excluding hydrogens is 155 g/mol. The van der Waals surface area contributed by atoms with E-state index in [0.29, 0.717) is 6.42 Å². The smallest absolute Gasteiger partial charge is 0.328 e. The number of hydrogen-bond donors (Lipinski definition) is 1. The lowest BCUT2D eigenvalue weighted by Crippen LogP contribution is -2.35. The summed E-state index contributed by atoms with van der Waals surface area (Å²) in [6.45, 7) is 0. The highest BCUT2D eigenvalue weighted by molar-refractivity contribution is 4.79. The first-order chi connectivity index (χ1) is 5.00. The first kappa shape index (κ1) is 8.84. The van der Waals surface area contributed by atoms with Crippen LogP contribution in [0, 0.1) is 5.92 Å². The van der Waals surface area contributed by atoms with Crippen LogP contribution in [0.5, 0.6) is 0 Å². The summed E-state index contributed by atoms with van der Waals surface area (Å²) in [7, 11) is 0. The Morgan fingerprint density at radius 1 is 1.18 bits per heavy atom. The number of alkyl halides is 3. The summed E-state index contributed by atoms with van der Waals surface area (Å²) in [5, 5.41) is 0. The van der Waals surface area contributed by atoms with Gasteiger partial charge in [0.1, 0.15) is 0 Å². The van der Waals surface area contributed by atoms with Gasteiger partial charge in [0.15, 0.2) is 0 Å². The van der Waals surface area contributed by atoms with Crippen LogP contribution < -0.4 is 5.73 Å². The van der Waals surface area contributed by atoms with Gasteiger partial charge in [-0.15, -0.1) is 0 Å². The van der Waals surface area contributed by atoms with Crippen LogP contribution in [0.3, 0.4) is 0 Å². The van der Waals surface area contributed by atoms with Gasteiger partial charge in [-0.05, 0) is 19.3 Å². The van der Waals surface area contributed by atoms with Gasteiger partial charge in [-0.2, -0.15) is 13.2 Å². The summed E-state index contributed by atoms with van der Waals surface area (Å²) in [5.41, 5.74) is 5.42. The maximum absolute atomic E-state index is 12.1. The largest absolute Gasteiger partial charge is 0.391 e. The Balaban J connectivity index is 2.46. The molecule has 1 rings (SSSR count). The lowest BCUT2D eigenvalue weighted by Gasteiger charge is -2.28. The molecule has 0 radical (unpaired) electrons. The van der Waals surface area contributed by atoms with Crippen LogP contribution in [0.25, 0.3) is 0 Å². The standard InChI is InChI=1S/C7H12F3N/c8-7(9,10)5-2-1-3-6(11)4-5/h5-6H,1-4,11H2/t5-,6?/m1/s1. The summed E-state index contributed by atoms with van der Waals surface area (Å²) in [6, 6.07) is -0.240. The van der Waals surface area contributed by atoms with E-state index in [4.69, 9.17) is 5.73 Å². The molecule has 1 nitrogen and oxygen atoms in total. The van der Waals surface area contributed by atoms with E-state index in [1.165, 1.54) is 0 Å². The molecular formula is C7H12F3N. The van der Waals surface area contributed by atoms with Crippen molar-refractivity contribution in [2.45, 2.75) is 37.9 Å². The zero-order valence-corrected chi connectivity index (χ0v) is 6.19. The van der Waals surface area contributed by atoms with E-state index >= 15 is 0 Å². The summed E-state index contributed by atoms with van der Waals surface area (Å²) in [4.78, 5) is 0. The molecule has 0 heterocycles. The molecule has 11 heavy (non-hydrogen) atoms. The van der Waals surface area contributed by atoms with Gasteiger partial charge in [0, 0.05) is 6.04 Å². The van der Waals surface area contributed by atoms with Crippen molar-refractivity contribution in [2.75, 3.05) is 0 Å². The van der Waals surface area contributed by atoms with Crippen molar-refractivity contribution in [1.82, 2.24) is 0 Å². The Bertz CT molecular complexity index is 132. The minimum absolute atomic E-state index is 0.115. The van der Waals surface area contributed by atoms with Crippen molar-refractivity contribution in [3.8, 4) is 0 Å². The second kappa shape index (κ2) is 3.01. The summed E-state index contributed by atoms with van der Waals surface area (Å²) in [5.74, 6) is -1.15. The Morgan fingerprint density at radius 2 is 1.82 bits per heavy atom. The number of hydrogen-bond acceptors (Lipinski definition) is 1. The third-order valence-electron chi connectivity index (χ3n) is 2.18. The van der Waals surface area contributed by atoms with Crippen molar-refractivity contribution in [1.29, 1.82) is 0 Å². The molecule has 0 spiro atoms. The molecule has 1 unspecified atom stereocenters. The second-order valence-electron chi connectivity index (χ2n) is 3.17. The van der Waals surface area contributed by atoms with Crippen LogP contribution in [-0.2, 0) is 0 Å². The quantitative estimate of drug-likeness (QED) is 0.587. The van der Waals surface area contributed by atoms with Crippen molar-refractivity contribution >= 4 is 0 Å². The van der Waals surface area contributed by atoms with Crippen LogP contribution >= 0.6 is 0 Å². The molecule has 0 aromatic rings. The van der Waals surface area contributed by atoms with Crippen molar-refractivity contribution in [3.63, 3.8) is 0 Å². The lowest BCUT2D eigenvalue weighted by atomic mass is 9.86. The molecule has 2 N–H and O–H groups in total. The molecule has 4 heteroatoms. The summed E-state index contributed by atoms with van der Waals surface area (Å²) < 4.78 is 36.2. The zero-order chi connectivity index (χ0) is 8.48. The van der Waals surface area contributed by atoms with Crippen LogP contribution in [0.1, 0.15) is 25.7 Å². The van der Waals surface area contributed by atoms with Gasteiger partial charge >= 0.3 is 6.18 Å². The first-order valence-electron chi connectivity index (χ1n) is 3.82. The van der Waals surface area contributed by atoms with E-state index in [2.05, 4.69) is 0 Å². The van der Waals surface area contributed by atoms with E-state index in [-0.39, 0.29) is 18.9 Å². The Morgan fingerprint density at radius 3 is 2.18 bits per heavy atom. The van der Waals surface area contributed by atoms with Gasteiger partial charge in [0.05, 0.1) is 5.92 Å². The summed E-state index contributed by atoms with van der Waals surface area (Å²) >= 11 is 0. The maximum Gasteiger partial charge on any atom is 0.391 e. The van der Waals surface area contributed by atoms with Crippen molar-refractivity contribution < 1.29 is 13.2 Å². The summed E-state index contributed by atoms with van der Waals surface area (Å²) in [6.07, 6.45) is -2.29. The monoisotopic (exact) mass is 167 g/mol. The minimum Gasteiger partial charge on any atom is -0.328 e. The highest BCUT2D eigenvalue weighted by Crippen LogP contribution is 2.36. The number of nitrogens with two attached hydrogens (primary N) is 1. The third kappa shape index (κ3) is 2.36. The molecule has 0 saturated heterocycles. The van der Waals surface area contributed by atoms with Crippen LogP contribution in [0.2, 0.25) is 0 Å². The van der Waals surface area contributed by atoms with Gasteiger partial charge in [-0.3, -0.25) is 0 Å². The van der Waals surface area contributed by atoms with Crippen molar-refractivity contribution in [2.24, 2.45) is 11.7 Å². The van der Waals surface area contributed by atoms with Gasteiger partial charge in [-0.1, -0.05) is 6.42 Å². The van der Waals surface area contributed by atoms with E-state index < -0.39 is 12.1 Å². The predicted octanol–water partition coefficient (Wildman–Crippen LogP) is 2.07. The highest BCUT2D eigenvalue weighted by atomic mass is 19.4. The molecule has 0 bridgehead atoms. The molecule has 1 saturated carbocycles. The lowest BCUT2D eigenvalue weighted by molar-refractivity contribution is -0.182. The zero-order valence-electron chi connectivity index (χ0n) is 6.19. The number of halogens is 3. The van der Waals surface area contributed by atoms with E-state index in [1.807, 2.05) is 0 Å². The van der Waals surface area contributed by atoms with E-state index in [1.54, 1.807) is 0 Å².